The van der Waals surface area contributed by atoms with Crippen molar-refractivity contribution in [2.24, 2.45) is 0 Å². The molecule has 1 aliphatic rings. The van der Waals surface area contributed by atoms with Crippen molar-refractivity contribution in [3.63, 3.8) is 0 Å². The molecule has 1 fully saturated rings. The molecule has 3 aromatic rings. The standard InChI is InChI=1S/C17H19ClN6O3/c18-11-3-4-14-15(6-11)21-17(20-14)16-2-1-5-22(16)9-13(25)10-23-8-12(7-19-23)24(26)27/h3-4,6-8,13,16,25H,1-2,5,9-10H2,(H,20,21)/t13-,16+/m0/s1. The number of nitrogens with zero attached hydrogens (tertiary/aromatic N) is 5. The summed E-state index contributed by atoms with van der Waals surface area (Å²) >= 11 is 6.04. The first-order valence-corrected chi connectivity index (χ1v) is 9.11. The number of H-pyrrole nitrogens is 1. The van der Waals surface area contributed by atoms with Gasteiger partial charge in [-0.1, -0.05) is 11.6 Å². The summed E-state index contributed by atoms with van der Waals surface area (Å²) in [6.07, 6.45) is 3.79. The second kappa shape index (κ2) is 7.26. The topological polar surface area (TPSA) is 113 Å². The number of β-amino-alcohol motifs (C(OH)–C–C–N with tert-alkyl or cyclic N) is 1. The van der Waals surface area contributed by atoms with Crippen molar-refractivity contribution in [1.29, 1.82) is 0 Å². The largest absolute Gasteiger partial charge is 0.390 e. The summed E-state index contributed by atoms with van der Waals surface area (Å²) in [7, 11) is 0. The summed E-state index contributed by atoms with van der Waals surface area (Å²) in [4.78, 5) is 20.4. The van der Waals surface area contributed by atoms with Crippen LogP contribution in [0.4, 0.5) is 5.69 Å². The Morgan fingerprint density at radius 2 is 2.30 bits per heavy atom. The molecule has 0 aliphatic carbocycles. The number of aromatic amines is 1. The molecule has 2 N–H and O–H groups in total. The highest BCUT2D eigenvalue weighted by molar-refractivity contribution is 6.31. The highest BCUT2D eigenvalue weighted by atomic mass is 35.5. The third-order valence-electron chi connectivity index (χ3n) is 4.82. The van der Waals surface area contributed by atoms with Gasteiger partial charge in [-0.3, -0.25) is 19.7 Å². The minimum absolute atomic E-state index is 0.0813. The van der Waals surface area contributed by atoms with E-state index in [9.17, 15) is 15.2 Å². The van der Waals surface area contributed by atoms with E-state index >= 15 is 0 Å². The van der Waals surface area contributed by atoms with E-state index in [4.69, 9.17) is 11.6 Å². The number of benzene rings is 1. The van der Waals surface area contributed by atoms with Gasteiger partial charge in [0.15, 0.2) is 0 Å². The zero-order chi connectivity index (χ0) is 19.0. The number of nitro groups is 1. The van der Waals surface area contributed by atoms with Crippen LogP contribution in [-0.4, -0.2) is 53.9 Å². The van der Waals surface area contributed by atoms with Crippen molar-refractivity contribution in [3.8, 4) is 0 Å². The van der Waals surface area contributed by atoms with Crippen LogP contribution in [0.25, 0.3) is 11.0 Å². The number of aromatic nitrogens is 4. The minimum atomic E-state index is -0.691. The van der Waals surface area contributed by atoms with Crippen molar-refractivity contribution < 1.29 is 10.0 Å². The predicted molar refractivity (Wildman–Crippen MR) is 99.5 cm³/mol. The average molecular weight is 391 g/mol. The fourth-order valence-corrected chi connectivity index (χ4v) is 3.78. The number of fused-ring (bicyclic) bond motifs is 1. The molecule has 2 atom stereocenters. The Morgan fingerprint density at radius 1 is 1.44 bits per heavy atom. The lowest BCUT2D eigenvalue weighted by molar-refractivity contribution is -0.385. The van der Waals surface area contributed by atoms with E-state index in [0.29, 0.717) is 11.6 Å². The van der Waals surface area contributed by atoms with Crippen LogP contribution in [0.1, 0.15) is 24.7 Å². The lowest BCUT2D eigenvalue weighted by Gasteiger charge is -2.25. The van der Waals surface area contributed by atoms with Gasteiger partial charge in [0.25, 0.3) is 0 Å². The highest BCUT2D eigenvalue weighted by Gasteiger charge is 2.30. The zero-order valence-corrected chi connectivity index (χ0v) is 15.2. The monoisotopic (exact) mass is 390 g/mol. The summed E-state index contributed by atoms with van der Waals surface area (Å²) < 4.78 is 1.40. The van der Waals surface area contributed by atoms with Crippen LogP contribution >= 0.6 is 11.6 Å². The van der Waals surface area contributed by atoms with Crippen molar-refractivity contribution in [3.05, 3.63) is 51.6 Å². The number of aliphatic hydroxyl groups is 1. The number of aliphatic hydroxyl groups excluding tert-OH is 1. The number of nitrogens with one attached hydrogen (secondary N) is 1. The van der Waals surface area contributed by atoms with Gasteiger partial charge in [0, 0.05) is 11.6 Å². The summed E-state index contributed by atoms with van der Waals surface area (Å²) in [6, 6.07) is 5.65. The molecule has 10 heteroatoms. The van der Waals surface area contributed by atoms with Crippen LogP contribution in [0.3, 0.4) is 0 Å². The molecule has 3 heterocycles. The van der Waals surface area contributed by atoms with Crippen LogP contribution in [0.15, 0.2) is 30.6 Å². The normalized spacial score (nSPS) is 19.0. The van der Waals surface area contributed by atoms with Crippen LogP contribution in [-0.2, 0) is 6.54 Å². The molecule has 0 amide bonds. The fraction of sp³-hybridized carbons (Fsp3) is 0.412. The molecule has 0 saturated carbocycles. The van der Waals surface area contributed by atoms with E-state index in [2.05, 4.69) is 20.0 Å². The molecular weight excluding hydrogens is 372 g/mol. The highest BCUT2D eigenvalue weighted by Crippen LogP contribution is 2.32. The molecule has 0 spiro atoms. The number of likely N-dealkylation sites (tertiary alicyclic amines) is 1. The van der Waals surface area contributed by atoms with Gasteiger partial charge in [-0.25, -0.2) is 4.98 Å². The van der Waals surface area contributed by atoms with Crippen molar-refractivity contribution in [2.75, 3.05) is 13.1 Å². The molecule has 2 aromatic heterocycles. The molecule has 4 rings (SSSR count). The Bertz CT molecular complexity index is 971. The van der Waals surface area contributed by atoms with E-state index in [-0.39, 0.29) is 18.3 Å². The summed E-state index contributed by atoms with van der Waals surface area (Å²) in [5, 5.41) is 25.8. The van der Waals surface area contributed by atoms with Gasteiger partial charge in [-0.15, -0.1) is 0 Å². The van der Waals surface area contributed by atoms with E-state index in [1.54, 1.807) is 0 Å². The van der Waals surface area contributed by atoms with Crippen molar-refractivity contribution >= 4 is 28.3 Å². The SMILES string of the molecule is O=[N+]([O-])c1cnn(C[C@@H](O)CN2CCC[C@@H]2c2nc3ccc(Cl)cc3[nH]2)c1. The summed E-state index contributed by atoms with van der Waals surface area (Å²) in [6.45, 7) is 1.50. The van der Waals surface area contributed by atoms with Gasteiger partial charge in [0.05, 0.1) is 34.6 Å². The van der Waals surface area contributed by atoms with Crippen LogP contribution in [0.5, 0.6) is 0 Å². The van der Waals surface area contributed by atoms with Crippen molar-refractivity contribution in [2.45, 2.75) is 31.5 Å². The number of hydrogen-bond donors (Lipinski definition) is 2. The first kappa shape index (κ1) is 17.9. The van der Waals surface area contributed by atoms with Gasteiger partial charge >= 0.3 is 5.69 Å². The third-order valence-corrected chi connectivity index (χ3v) is 5.05. The molecule has 27 heavy (non-hydrogen) atoms. The number of halogens is 1. The van der Waals surface area contributed by atoms with Crippen LogP contribution in [0.2, 0.25) is 5.02 Å². The van der Waals surface area contributed by atoms with E-state index in [0.717, 1.165) is 36.2 Å². The molecular formula is C17H19ClN6O3. The fourth-order valence-electron chi connectivity index (χ4n) is 3.60. The molecule has 1 saturated heterocycles. The Morgan fingerprint density at radius 3 is 3.07 bits per heavy atom. The van der Waals surface area contributed by atoms with Crippen LogP contribution < -0.4 is 0 Å². The number of rotatable bonds is 6. The Kier molecular flexibility index (Phi) is 4.81. The van der Waals surface area contributed by atoms with Gasteiger partial charge in [0.2, 0.25) is 0 Å². The molecule has 9 nitrogen and oxygen atoms in total. The molecule has 1 aliphatic heterocycles. The summed E-state index contributed by atoms with van der Waals surface area (Å²) in [5.41, 5.74) is 1.68. The molecule has 1 aromatic carbocycles. The van der Waals surface area contributed by atoms with Crippen molar-refractivity contribution in [1.82, 2.24) is 24.6 Å². The maximum atomic E-state index is 10.7. The zero-order valence-electron chi connectivity index (χ0n) is 14.5. The van der Waals surface area contributed by atoms with E-state index < -0.39 is 11.0 Å². The lowest BCUT2D eigenvalue weighted by atomic mass is 10.2. The first-order valence-electron chi connectivity index (χ1n) is 8.74. The molecule has 0 bridgehead atoms. The number of imidazole rings is 1. The predicted octanol–water partition coefficient (Wildman–Crippen LogP) is 2.52. The average Bonchev–Trinajstić information content (AvgIpc) is 3.33. The molecule has 0 radical (unpaired) electrons. The Balaban J connectivity index is 1.44. The smallest absolute Gasteiger partial charge is 0.306 e. The second-order valence-electron chi connectivity index (χ2n) is 6.77. The molecule has 0 unspecified atom stereocenters. The quantitative estimate of drug-likeness (QED) is 0.494. The maximum absolute atomic E-state index is 10.7. The van der Waals surface area contributed by atoms with Gasteiger partial charge < -0.3 is 10.1 Å². The third kappa shape index (κ3) is 3.80. The molecule has 142 valence electrons. The first-order chi connectivity index (χ1) is 13.0. The summed E-state index contributed by atoms with van der Waals surface area (Å²) in [5.74, 6) is 0.867. The Labute approximate surface area is 159 Å². The number of hydrogen-bond acceptors (Lipinski definition) is 6. The van der Waals surface area contributed by atoms with E-state index in [1.807, 2.05) is 18.2 Å². The van der Waals surface area contributed by atoms with Gasteiger partial charge in [0.1, 0.15) is 18.2 Å². The second-order valence-corrected chi connectivity index (χ2v) is 7.20. The minimum Gasteiger partial charge on any atom is -0.390 e. The van der Waals surface area contributed by atoms with E-state index in [1.165, 1.54) is 17.1 Å². The van der Waals surface area contributed by atoms with Crippen LogP contribution in [0, 0.1) is 10.1 Å². The lowest BCUT2D eigenvalue weighted by Crippen LogP contribution is -2.34. The van der Waals surface area contributed by atoms with Gasteiger partial charge in [-0.05, 0) is 37.6 Å². The van der Waals surface area contributed by atoms with Gasteiger partial charge in [-0.2, -0.15) is 5.10 Å². The Hall–Kier alpha value is -2.49. The maximum Gasteiger partial charge on any atom is 0.306 e.